The Morgan fingerprint density at radius 1 is 1.03 bits per heavy atom. The van der Waals surface area contributed by atoms with E-state index >= 15 is 0 Å². The molecule has 1 aromatic heterocycles. The van der Waals surface area contributed by atoms with E-state index in [4.69, 9.17) is 0 Å². The molecule has 0 radical (unpaired) electrons. The number of nitrogens with one attached hydrogen (secondary N) is 3. The topological polar surface area (TPSA) is 69.3 Å². The highest BCUT2D eigenvalue weighted by molar-refractivity contribution is 6.10. The lowest BCUT2D eigenvalue weighted by molar-refractivity contribution is 0.0976. The second kappa shape index (κ2) is 9.26. The van der Waals surface area contributed by atoms with Crippen LogP contribution in [0.2, 0.25) is 0 Å². The van der Waals surface area contributed by atoms with Crippen molar-refractivity contribution in [3.8, 4) is 0 Å². The number of amides is 1. The Kier molecular flexibility index (Phi) is 6.08. The van der Waals surface area contributed by atoms with Crippen LogP contribution in [-0.2, 0) is 6.42 Å². The van der Waals surface area contributed by atoms with Gasteiger partial charge in [0.05, 0.1) is 0 Å². The van der Waals surface area contributed by atoms with Gasteiger partial charge < -0.3 is 10.3 Å². The number of hydrogen-bond donors (Lipinski definition) is 3. The van der Waals surface area contributed by atoms with E-state index in [-0.39, 0.29) is 5.56 Å². The number of fused-ring (bicyclic) bond motifs is 1. The Balaban J connectivity index is 1.52. The van der Waals surface area contributed by atoms with Gasteiger partial charge in [0.25, 0.3) is 5.91 Å². The summed E-state index contributed by atoms with van der Waals surface area (Å²) in [6.07, 6.45) is 2.69. The number of guanidine groups is 1. The molecule has 0 aliphatic heterocycles. The molecule has 6 heteroatoms. The van der Waals surface area contributed by atoms with Crippen molar-refractivity contribution in [3.63, 3.8) is 0 Å². The minimum atomic E-state index is -0.461. The number of hydrogen-bond acceptors (Lipinski definition) is 2. The maximum absolute atomic E-state index is 13.5. The number of carbonyl (C=O) groups excluding carboxylic acids is 1. The first kappa shape index (κ1) is 20.3. The normalized spacial score (nSPS) is 11.5. The lowest BCUT2D eigenvalue weighted by Gasteiger charge is -2.12. The van der Waals surface area contributed by atoms with Crippen LogP contribution in [0.15, 0.2) is 84.0 Å². The van der Waals surface area contributed by atoms with Crippen molar-refractivity contribution in [2.45, 2.75) is 13.3 Å². The Morgan fingerprint density at radius 3 is 2.71 bits per heavy atom. The molecule has 3 N–H and O–H groups in total. The van der Waals surface area contributed by atoms with Crippen molar-refractivity contribution in [1.29, 1.82) is 0 Å². The number of halogens is 1. The van der Waals surface area contributed by atoms with Crippen LogP contribution < -0.4 is 10.6 Å². The number of carbonyl (C=O) groups is 1. The summed E-state index contributed by atoms with van der Waals surface area (Å²) in [7, 11) is 0. The molecular weight excluding hydrogens is 391 g/mol. The van der Waals surface area contributed by atoms with Gasteiger partial charge in [-0.25, -0.2) is 4.39 Å². The van der Waals surface area contributed by atoms with E-state index in [0.717, 1.165) is 27.7 Å². The van der Waals surface area contributed by atoms with E-state index in [1.54, 1.807) is 6.07 Å². The highest BCUT2D eigenvalue weighted by atomic mass is 19.1. The molecule has 4 aromatic rings. The molecular formula is C25H23FN4O. The van der Waals surface area contributed by atoms with Crippen LogP contribution in [0.5, 0.6) is 0 Å². The van der Waals surface area contributed by atoms with Gasteiger partial charge in [0.1, 0.15) is 5.82 Å². The van der Waals surface area contributed by atoms with Crippen molar-refractivity contribution >= 4 is 28.5 Å². The Bertz CT molecular complexity index is 1250. The van der Waals surface area contributed by atoms with Gasteiger partial charge in [-0.2, -0.15) is 0 Å². The largest absolute Gasteiger partial charge is 0.361 e. The van der Waals surface area contributed by atoms with Gasteiger partial charge >= 0.3 is 0 Å². The van der Waals surface area contributed by atoms with E-state index < -0.39 is 11.7 Å². The molecule has 0 unspecified atom stereocenters. The third kappa shape index (κ3) is 5.17. The summed E-state index contributed by atoms with van der Waals surface area (Å²) in [4.78, 5) is 20.5. The summed E-state index contributed by atoms with van der Waals surface area (Å²) >= 11 is 0. The summed E-state index contributed by atoms with van der Waals surface area (Å²) in [6, 6.07) is 21.5. The first-order valence-electron chi connectivity index (χ1n) is 10.1. The van der Waals surface area contributed by atoms with E-state index in [1.165, 1.54) is 18.2 Å². The molecule has 3 aromatic carbocycles. The molecule has 4 rings (SSSR count). The average molecular weight is 414 g/mol. The molecule has 5 nitrogen and oxygen atoms in total. The summed E-state index contributed by atoms with van der Waals surface area (Å²) in [5, 5.41) is 7.10. The number of rotatable bonds is 5. The van der Waals surface area contributed by atoms with Crippen LogP contribution in [-0.4, -0.2) is 23.4 Å². The zero-order chi connectivity index (χ0) is 21.6. The van der Waals surface area contributed by atoms with Crippen molar-refractivity contribution in [3.05, 3.63) is 102 Å². The van der Waals surface area contributed by atoms with Crippen LogP contribution in [0, 0.1) is 12.7 Å². The standard InChI is InChI=1S/C25H23FN4O/c1-17-6-4-9-21(14-17)29-25(30-24(31)18-7-5-8-20(26)15-18)27-13-12-19-16-28-23-11-3-2-10-22(19)23/h2-11,14-16,28H,12-13H2,1H3,(H2,27,29,30,31). The van der Waals surface area contributed by atoms with Crippen molar-refractivity contribution < 1.29 is 9.18 Å². The number of aromatic nitrogens is 1. The van der Waals surface area contributed by atoms with E-state index in [0.29, 0.717) is 18.9 Å². The van der Waals surface area contributed by atoms with Crippen LogP contribution in [0.25, 0.3) is 10.9 Å². The summed E-state index contributed by atoms with van der Waals surface area (Å²) in [5.41, 5.74) is 4.37. The van der Waals surface area contributed by atoms with Gasteiger partial charge in [0.15, 0.2) is 0 Å². The molecule has 31 heavy (non-hydrogen) atoms. The first-order chi connectivity index (χ1) is 15.1. The number of aliphatic imine (C=N–C) groups is 1. The predicted molar refractivity (Wildman–Crippen MR) is 123 cm³/mol. The van der Waals surface area contributed by atoms with Gasteiger partial charge in [-0.1, -0.05) is 36.4 Å². The second-order valence-electron chi connectivity index (χ2n) is 7.30. The van der Waals surface area contributed by atoms with Gasteiger partial charge in [0, 0.05) is 34.9 Å². The summed E-state index contributed by atoms with van der Waals surface area (Å²) in [6.45, 7) is 2.46. The van der Waals surface area contributed by atoms with E-state index in [9.17, 15) is 9.18 Å². The Morgan fingerprint density at radius 2 is 1.87 bits per heavy atom. The molecule has 1 amide bonds. The van der Waals surface area contributed by atoms with E-state index in [1.807, 2.05) is 55.6 Å². The minimum absolute atomic E-state index is 0.232. The van der Waals surface area contributed by atoms with Crippen molar-refractivity contribution in [2.75, 3.05) is 11.9 Å². The molecule has 0 aliphatic rings. The molecule has 156 valence electrons. The molecule has 0 saturated carbocycles. The Hall–Kier alpha value is -3.93. The lowest BCUT2D eigenvalue weighted by Crippen LogP contribution is -2.36. The van der Waals surface area contributed by atoms with Crippen LogP contribution in [0.3, 0.4) is 0 Å². The Labute approximate surface area is 180 Å². The summed E-state index contributed by atoms with van der Waals surface area (Å²) in [5.74, 6) is -0.567. The summed E-state index contributed by atoms with van der Waals surface area (Å²) < 4.78 is 13.5. The quantitative estimate of drug-likeness (QED) is 0.316. The number of para-hydroxylation sites is 1. The number of nitrogens with zero attached hydrogens (tertiary/aromatic N) is 1. The number of aryl methyl sites for hydroxylation is 1. The molecule has 0 saturated heterocycles. The predicted octanol–water partition coefficient (Wildman–Crippen LogP) is 5.06. The molecule has 0 bridgehead atoms. The molecule has 0 spiro atoms. The van der Waals surface area contributed by atoms with Gasteiger partial charge in [-0.3, -0.25) is 15.1 Å². The number of benzene rings is 3. The third-order valence-corrected chi connectivity index (χ3v) is 4.93. The maximum atomic E-state index is 13.5. The minimum Gasteiger partial charge on any atom is -0.361 e. The highest BCUT2D eigenvalue weighted by Gasteiger charge is 2.11. The fraction of sp³-hybridized carbons (Fsp3) is 0.120. The van der Waals surface area contributed by atoms with Crippen LogP contribution in [0.1, 0.15) is 21.5 Å². The maximum Gasteiger partial charge on any atom is 0.258 e. The highest BCUT2D eigenvalue weighted by Crippen LogP contribution is 2.18. The van der Waals surface area contributed by atoms with Gasteiger partial charge in [-0.15, -0.1) is 0 Å². The average Bonchev–Trinajstić information content (AvgIpc) is 3.17. The number of aromatic amines is 1. The monoisotopic (exact) mass is 414 g/mol. The zero-order valence-corrected chi connectivity index (χ0v) is 17.2. The fourth-order valence-electron chi connectivity index (χ4n) is 3.41. The number of anilines is 1. The zero-order valence-electron chi connectivity index (χ0n) is 17.2. The molecule has 0 aliphatic carbocycles. The molecule has 0 atom stereocenters. The lowest BCUT2D eigenvalue weighted by atomic mass is 10.1. The van der Waals surface area contributed by atoms with Crippen molar-refractivity contribution in [2.24, 2.45) is 4.99 Å². The SMILES string of the molecule is Cc1cccc(NC(=NCCc2c[nH]c3ccccc23)NC(=O)c2cccc(F)c2)c1. The van der Waals surface area contributed by atoms with Crippen LogP contribution in [0.4, 0.5) is 10.1 Å². The van der Waals surface area contributed by atoms with Crippen LogP contribution >= 0.6 is 0 Å². The van der Waals surface area contributed by atoms with Crippen molar-refractivity contribution in [1.82, 2.24) is 10.3 Å². The fourth-order valence-corrected chi connectivity index (χ4v) is 3.41. The van der Waals surface area contributed by atoms with E-state index in [2.05, 4.69) is 26.7 Å². The second-order valence-corrected chi connectivity index (χ2v) is 7.30. The third-order valence-electron chi connectivity index (χ3n) is 4.93. The van der Waals surface area contributed by atoms with Gasteiger partial charge in [-0.05, 0) is 60.9 Å². The number of H-pyrrole nitrogens is 1. The molecule has 0 fully saturated rings. The smallest absolute Gasteiger partial charge is 0.258 e. The first-order valence-corrected chi connectivity index (χ1v) is 10.1. The van der Waals surface area contributed by atoms with Gasteiger partial charge in [0.2, 0.25) is 5.96 Å². The molecule has 1 heterocycles.